The van der Waals surface area contributed by atoms with Crippen LogP contribution in [0, 0.1) is 17.7 Å². The topological polar surface area (TPSA) is 112 Å². The lowest BCUT2D eigenvalue weighted by atomic mass is 9.81. The second-order valence-corrected chi connectivity index (χ2v) is 12.9. The van der Waals surface area contributed by atoms with E-state index in [4.69, 9.17) is 0 Å². The lowest BCUT2D eigenvalue weighted by Gasteiger charge is -2.34. The number of alkyl halides is 6. The third-order valence-corrected chi connectivity index (χ3v) is 10.7. The van der Waals surface area contributed by atoms with Crippen LogP contribution in [0.1, 0.15) is 43.2 Å². The number of carboxylic acids is 1. The molecule has 2 fully saturated rings. The van der Waals surface area contributed by atoms with Gasteiger partial charge in [-0.15, -0.1) is 0 Å². The number of carbonyl (C=O) groups is 2. The standard InChI is InChI=1S/C27H26F7NO6S/c28-20-9-11-21(12-10-20)42(40,41)24(13-14-35(15-24)22(36)16-1-3-17(4-2-16)23(37)38)18-5-7-19(8-6-18)25(39,26(29,30)31)27(32,33)34/h5-12,16-17,39H,1-4,13-15H2,(H,37,38). The van der Waals surface area contributed by atoms with Gasteiger partial charge >= 0.3 is 18.3 Å². The Labute approximate surface area is 235 Å². The molecule has 1 aliphatic heterocycles. The maximum Gasteiger partial charge on any atom is 0.430 e. The summed E-state index contributed by atoms with van der Waals surface area (Å²) < 4.78 is 120. The molecular weight excluding hydrogens is 599 g/mol. The van der Waals surface area contributed by atoms with Gasteiger partial charge in [0.05, 0.1) is 10.8 Å². The number of hydrogen-bond acceptors (Lipinski definition) is 5. The molecule has 1 saturated carbocycles. The highest BCUT2D eigenvalue weighted by Crippen LogP contribution is 2.51. The van der Waals surface area contributed by atoms with Crippen LogP contribution in [0.5, 0.6) is 0 Å². The highest BCUT2D eigenvalue weighted by molar-refractivity contribution is 7.92. The molecule has 1 saturated heterocycles. The molecule has 42 heavy (non-hydrogen) atoms. The molecule has 1 unspecified atom stereocenters. The zero-order chi connectivity index (χ0) is 31.3. The Morgan fingerprint density at radius 2 is 1.33 bits per heavy atom. The predicted molar refractivity (Wildman–Crippen MR) is 132 cm³/mol. The van der Waals surface area contributed by atoms with Crippen LogP contribution >= 0.6 is 0 Å². The van der Waals surface area contributed by atoms with Crippen LogP contribution in [0.15, 0.2) is 53.4 Å². The molecule has 15 heteroatoms. The van der Waals surface area contributed by atoms with E-state index >= 15 is 0 Å². The van der Waals surface area contributed by atoms with Crippen molar-refractivity contribution in [2.45, 2.75) is 59.7 Å². The molecule has 2 aromatic rings. The zero-order valence-electron chi connectivity index (χ0n) is 21.8. The third-order valence-electron chi connectivity index (χ3n) is 8.26. The van der Waals surface area contributed by atoms with Gasteiger partial charge in [-0.05, 0) is 61.9 Å². The van der Waals surface area contributed by atoms with E-state index in [1.54, 1.807) is 0 Å². The van der Waals surface area contributed by atoms with E-state index in [1.807, 2.05) is 0 Å². The number of amides is 1. The lowest BCUT2D eigenvalue weighted by Crippen LogP contribution is -2.54. The average Bonchev–Trinajstić information content (AvgIpc) is 3.39. The van der Waals surface area contributed by atoms with E-state index in [0.717, 1.165) is 36.4 Å². The fourth-order valence-corrected chi connectivity index (χ4v) is 7.85. The van der Waals surface area contributed by atoms with Gasteiger partial charge in [-0.25, -0.2) is 12.8 Å². The Morgan fingerprint density at radius 1 is 0.833 bits per heavy atom. The smallest absolute Gasteiger partial charge is 0.430 e. The highest BCUT2D eigenvalue weighted by atomic mass is 32.2. The summed E-state index contributed by atoms with van der Waals surface area (Å²) in [6.07, 6.45) is -11.6. The van der Waals surface area contributed by atoms with Crippen molar-refractivity contribution in [2.24, 2.45) is 11.8 Å². The molecule has 2 aromatic carbocycles. The Hall–Kier alpha value is -3.20. The van der Waals surface area contributed by atoms with Crippen LogP contribution in [-0.2, 0) is 29.8 Å². The number of rotatable bonds is 6. The monoisotopic (exact) mass is 625 g/mol. The molecule has 2 N–H and O–H groups in total. The predicted octanol–water partition coefficient (Wildman–Crippen LogP) is 4.93. The minimum absolute atomic E-state index is 0.130. The summed E-state index contributed by atoms with van der Waals surface area (Å²) in [6.45, 7) is -0.637. The second-order valence-electron chi connectivity index (χ2n) is 10.6. The van der Waals surface area contributed by atoms with E-state index < -0.39 is 74.2 Å². The molecular formula is C27H26F7NO6S. The SMILES string of the molecule is O=C(O)C1CCC(C(=O)N2CCC(c3ccc(C(O)(C(F)(F)F)C(F)(F)F)cc3)(S(=O)(=O)c3ccc(F)cc3)C2)CC1. The summed E-state index contributed by atoms with van der Waals surface area (Å²) in [5, 5.41) is 19.0. The van der Waals surface area contributed by atoms with E-state index in [-0.39, 0.29) is 49.1 Å². The number of aliphatic carboxylic acids is 1. The van der Waals surface area contributed by atoms with Gasteiger partial charge in [0.2, 0.25) is 5.91 Å². The molecule has 2 aliphatic rings. The number of aliphatic hydroxyl groups is 1. The van der Waals surface area contributed by atoms with E-state index in [9.17, 15) is 59.0 Å². The van der Waals surface area contributed by atoms with Crippen molar-refractivity contribution in [2.75, 3.05) is 13.1 Å². The molecule has 0 spiro atoms. The van der Waals surface area contributed by atoms with Crippen LogP contribution in [0.25, 0.3) is 0 Å². The average molecular weight is 626 g/mol. The number of carboxylic acid groups (broad SMARTS) is 1. The van der Waals surface area contributed by atoms with Crippen LogP contribution in [0.4, 0.5) is 30.7 Å². The van der Waals surface area contributed by atoms with Crippen LogP contribution < -0.4 is 0 Å². The normalized spacial score (nSPS) is 24.0. The summed E-state index contributed by atoms with van der Waals surface area (Å²) >= 11 is 0. The quantitative estimate of drug-likeness (QED) is 0.348. The number of nitrogens with zero attached hydrogens (tertiary/aromatic N) is 1. The van der Waals surface area contributed by atoms with Gasteiger partial charge in [0, 0.05) is 24.6 Å². The minimum atomic E-state index is -6.15. The van der Waals surface area contributed by atoms with E-state index in [0.29, 0.717) is 12.1 Å². The third kappa shape index (κ3) is 5.25. The van der Waals surface area contributed by atoms with Gasteiger partial charge in [0.1, 0.15) is 10.6 Å². The first-order valence-corrected chi connectivity index (χ1v) is 14.3. The van der Waals surface area contributed by atoms with Crippen molar-refractivity contribution in [1.29, 1.82) is 0 Å². The number of halogens is 7. The molecule has 1 atom stereocenters. The fourth-order valence-electron chi connectivity index (χ4n) is 5.77. The molecule has 1 amide bonds. The largest absolute Gasteiger partial charge is 0.481 e. The minimum Gasteiger partial charge on any atom is -0.481 e. The zero-order valence-corrected chi connectivity index (χ0v) is 22.6. The Bertz CT molecular complexity index is 1420. The van der Waals surface area contributed by atoms with Gasteiger partial charge in [-0.2, -0.15) is 26.3 Å². The number of benzene rings is 2. The van der Waals surface area contributed by atoms with Crippen molar-refractivity contribution >= 4 is 21.7 Å². The van der Waals surface area contributed by atoms with Gasteiger partial charge in [0.15, 0.2) is 9.84 Å². The number of carbonyl (C=O) groups excluding carboxylic acids is 1. The van der Waals surface area contributed by atoms with Crippen molar-refractivity contribution in [3.05, 3.63) is 65.5 Å². The summed E-state index contributed by atoms with van der Waals surface area (Å²) in [4.78, 5) is 25.5. The summed E-state index contributed by atoms with van der Waals surface area (Å²) in [6, 6.07) is 5.83. The van der Waals surface area contributed by atoms with E-state index in [1.165, 1.54) is 4.90 Å². The van der Waals surface area contributed by atoms with Crippen molar-refractivity contribution in [3.63, 3.8) is 0 Å². The first kappa shape index (κ1) is 31.7. The Kier molecular flexibility index (Phi) is 8.17. The molecule has 1 heterocycles. The molecule has 0 aromatic heterocycles. The number of sulfone groups is 1. The first-order chi connectivity index (χ1) is 19.3. The maximum absolute atomic E-state index is 14.0. The van der Waals surface area contributed by atoms with Crippen LogP contribution in [-0.4, -0.2) is 60.8 Å². The number of likely N-dealkylation sites (tertiary alicyclic amines) is 1. The van der Waals surface area contributed by atoms with Crippen molar-refractivity contribution < 1.29 is 59.0 Å². The first-order valence-electron chi connectivity index (χ1n) is 12.8. The fraction of sp³-hybridized carbons (Fsp3) is 0.481. The molecule has 230 valence electrons. The molecule has 0 radical (unpaired) electrons. The summed E-state index contributed by atoms with van der Waals surface area (Å²) in [5.41, 5.74) is -7.04. The summed E-state index contributed by atoms with van der Waals surface area (Å²) in [5.74, 6) is -3.41. The Morgan fingerprint density at radius 3 is 1.81 bits per heavy atom. The van der Waals surface area contributed by atoms with Crippen LogP contribution in [0.3, 0.4) is 0 Å². The van der Waals surface area contributed by atoms with Gasteiger partial charge in [-0.1, -0.05) is 24.3 Å². The van der Waals surface area contributed by atoms with Gasteiger partial charge in [-0.3, -0.25) is 9.59 Å². The van der Waals surface area contributed by atoms with Crippen molar-refractivity contribution in [1.82, 2.24) is 4.90 Å². The van der Waals surface area contributed by atoms with Crippen molar-refractivity contribution in [3.8, 4) is 0 Å². The maximum atomic E-state index is 14.0. The molecule has 0 bridgehead atoms. The highest BCUT2D eigenvalue weighted by Gasteiger charge is 2.71. The van der Waals surface area contributed by atoms with E-state index in [2.05, 4.69) is 0 Å². The molecule has 4 rings (SSSR count). The number of hydrogen-bond donors (Lipinski definition) is 2. The molecule has 7 nitrogen and oxygen atoms in total. The summed E-state index contributed by atoms with van der Waals surface area (Å²) in [7, 11) is -4.54. The molecule has 1 aliphatic carbocycles. The lowest BCUT2D eigenvalue weighted by molar-refractivity contribution is -0.376. The van der Waals surface area contributed by atoms with Gasteiger partial charge in [0.25, 0.3) is 5.60 Å². The second kappa shape index (κ2) is 10.8. The van der Waals surface area contributed by atoms with Crippen LogP contribution in [0.2, 0.25) is 0 Å². The van der Waals surface area contributed by atoms with Gasteiger partial charge < -0.3 is 15.1 Å². The Balaban J connectivity index is 1.74.